The topological polar surface area (TPSA) is 124 Å². The van der Waals surface area contributed by atoms with Crippen LogP contribution in [0.25, 0.3) is 0 Å². The van der Waals surface area contributed by atoms with Crippen LogP contribution >= 0.6 is 15.9 Å². The quantitative estimate of drug-likeness (QED) is 0.208. The highest BCUT2D eigenvalue weighted by Gasteiger charge is 2.29. The summed E-state index contributed by atoms with van der Waals surface area (Å²) in [6.07, 6.45) is 7.44. The average Bonchev–Trinajstić information content (AvgIpc) is 2.76. The normalized spacial score (nSPS) is 12.6. The standard InChI is InChI=1S/C20H26BBrN4O4/c22-10-6-2-5-9-18(21(29)30)26-19(27)16(13-15-7-3-1-4-8-15)25-20(28)17-14-23-11-12-24-17/h1,3-4,7-8,11-12,14,16,18,29-30H,2,5-6,9-10,13H2,(H,25,28)(H,26,27)/t16-,18+/m1/s1. The molecular weight excluding hydrogens is 451 g/mol. The van der Waals surface area contributed by atoms with Crippen LogP contribution < -0.4 is 10.6 Å². The van der Waals surface area contributed by atoms with Gasteiger partial charge >= 0.3 is 7.12 Å². The molecule has 0 aliphatic rings. The summed E-state index contributed by atoms with van der Waals surface area (Å²) in [5.41, 5.74) is 0.951. The third-order valence-corrected chi connectivity index (χ3v) is 5.10. The van der Waals surface area contributed by atoms with Crippen molar-refractivity contribution in [3.8, 4) is 0 Å². The summed E-state index contributed by atoms with van der Waals surface area (Å²) in [7, 11) is -1.69. The summed E-state index contributed by atoms with van der Waals surface area (Å²) in [6.45, 7) is 0. The van der Waals surface area contributed by atoms with Gasteiger partial charge in [-0.25, -0.2) is 4.98 Å². The molecule has 0 spiro atoms. The molecule has 2 aromatic rings. The molecule has 2 amide bonds. The molecule has 0 bridgehead atoms. The van der Waals surface area contributed by atoms with E-state index in [4.69, 9.17) is 0 Å². The molecule has 2 rings (SSSR count). The van der Waals surface area contributed by atoms with Gasteiger partial charge < -0.3 is 20.7 Å². The fourth-order valence-electron chi connectivity index (χ4n) is 2.92. The first-order valence-electron chi connectivity index (χ1n) is 9.84. The van der Waals surface area contributed by atoms with Gasteiger partial charge in [-0.2, -0.15) is 0 Å². The number of nitrogens with zero attached hydrogens (tertiary/aromatic N) is 2. The zero-order valence-electron chi connectivity index (χ0n) is 16.6. The van der Waals surface area contributed by atoms with Gasteiger partial charge in [0.15, 0.2) is 0 Å². The maximum absolute atomic E-state index is 12.9. The minimum absolute atomic E-state index is 0.0943. The number of benzene rings is 1. The average molecular weight is 477 g/mol. The SMILES string of the molecule is O=C(N[C@H](Cc1ccccc1)C(=O)N[C@@H](CCCCCBr)B(O)O)c1cnccn1. The molecule has 8 nitrogen and oxygen atoms in total. The van der Waals surface area contributed by atoms with Gasteiger partial charge in [0.05, 0.1) is 12.1 Å². The van der Waals surface area contributed by atoms with Crippen LogP contribution in [0.5, 0.6) is 0 Å². The summed E-state index contributed by atoms with van der Waals surface area (Å²) >= 11 is 3.36. The summed E-state index contributed by atoms with van der Waals surface area (Å²) < 4.78 is 0. The molecular formula is C20H26BBrN4O4. The van der Waals surface area contributed by atoms with Crippen molar-refractivity contribution < 1.29 is 19.6 Å². The van der Waals surface area contributed by atoms with Gasteiger partial charge in [-0.1, -0.05) is 59.1 Å². The number of carbonyl (C=O) groups is 2. The van der Waals surface area contributed by atoms with E-state index in [2.05, 4.69) is 36.5 Å². The van der Waals surface area contributed by atoms with Gasteiger partial charge in [-0.05, 0) is 18.4 Å². The second kappa shape index (κ2) is 13.1. The molecule has 0 saturated heterocycles. The number of amides is 2. The highest BCUT2D eigenvalue weighted by Crippen LogP contribution is 2.09. The maximum Gasteiger partial charge on any atom is 0.475 e. The monoisotopic (exact) mass is 476 g/mol. The van der Waals surface area contributed by atoms with Crippen LogP contribution in [0.15, 0.2) is 48.9 Å². The predicted octanol–water partition coefficient (Wildman–Crippen LogP) is 1.27. The molecule has 0 fully saturated rings. The van der Waals surface area contributed by atoms with Crippen LogP contribution in [0.1, 0.15) is 41.7 Å². The van der Waals surface area contributed by atoms with Crippen molar-refractivity contribution in [2.24, 2.45) is 0 Å². The van der Waals surface area contributed by atoms with E-state index < -0.39 is 30.9 Å². The van der Waals surface area contributed by atoms with Gasteiger partial charge in [0, 0.05) is 24.1 Å². The van der Waals surface area contributed by atoms with Crippen LogP contribution in [-0.4, -0.2) is 56.3 Å². The number of carbonyl (C=O) groups excluding carboxylic acids is 2. The van der Waals surface area contributed by atoms with Crippen LogP contribution in [-0.2, 0) is 11.2 Å². The molecule has 0 saturated carbocycles. The van der Waals surface area contributed by atoms with Crippen molar-refractivity contribution in [3.63, 3.8) is 0 Å². The predicted molar refractivity (Wildman–Crippen MR) is 118 cm³/mol. The van der Waals surface area contributed by atoms with Gasteiger partial charge in [-0.3, -0.25) is 14.6 Å². The highest BCUT2D eigenvalue weighted by atomic mass is 79.9. The van der Waals surface area contributed by atoms with E-state index in [0.29, 0.717) is 6.42 Å². The molecule has 0 radical (unpaired) electrons. The van der Waals surface area contributed by atoms with E-state index in [9.17, 15) is 19.6 Å². The zero-order chi connectivity index (χ0) is 21.8. The lowest BCUT2D eigenvalue weighted by molar-refractivity contribution is -0.123. The van der Waals surface area contributed by atoms with Crippen LogP contribution in [0.2, 0.25) is 0 Å². The Balaban J connectivity index is 2.09. The first-order valence-corrected chi connectivity index (χ1v) is 11.0. The number of rotatable bonds is 12. The molecule has 1 aromatic carbocycles. The van der Waals surface area contributed by atoms with Crippen LogP contribution in [0, 0.1) is 0 Å². The molecule has 0 aliphatic carbocycles. The number of halogens is 1. The number of hydrogen-bond acceptors (Lipinski definition) is 6. The molecule has 0 unspecified atom stereocenters. The third-order valence-electron chi connectivity index (χ3n) is 4.54. The Morgan fingerprint density at radius 3 is 2.47 bits per heavy atom. The lowest BCUT2D eigenvalue weighted by atomic mass is 9.76. The van der Waals surface area contributed by atoms with Gasteiger partial charge in [0.2, 0.25) is 5.91 Å². The Morgan fingerprint density at radius 1 is 1.07 bits per heavy atom. The second-order valence-corrected chi connectivity index (χ2v) is 7.67. The van der Waals surface area contributed by atoms with E-state index in [1.165, 1.54) is 18.6 Å². The molecule has 30 heavy (non-hydrogen) atoms. The minimum atomic E-state index is -1.69. The maximum atomic E-state index is 12.9. The number of alkyl halides is 1. The Kier molecular flexibility index (Phi) is 10.5. The summed E-state index contributed by atoms with van der Waals surface area (Å²) in [6, 6.07) is 8.35. The van der Waals surface area contributed by atoms with Crippen molar-refractivity contribution >= 4 is 34.9 Å². The molecule has 160 valence electrons. The summed E-state index contributed by atoms with van der Waals surface area (Å²) in [5.74, 6) is -1.84. The first-order chi connectivity index (χ1) is 14.5. The van der Waals surface area contributed by atoms with E-state index in [0.717, 1.165) is 30.2 Å². The number of unbranched alkanes of at least 4 members (excludes halogenated alkanes) is 2. The highest BCUT2D eigenvalue weighted by molar-refractivity contribution is 9.09. The zero-order valence-corrected chi connectivity index (χ0v) is 18.2. The molecule has 1 heterocycles. The molecule has 10 heteroatoms. The lowest BCUT2D eigenvalue weighted by Gasteiger charge is -2.23. The fourth-order valence-corrected chi connectivity index (χ4v) is 3.32. The molecule has 1 aromatic heterocycles. The Bertz CT molecular complexity index is 783. The van der Waals surface area contributed by atoms with Crippen molar-refractivity contribution in [1.29, 1.82) is 0 Å². The van der Waals surface area contributed by atoms with Crippen molar-refractivity contribution in [2.45, 2.75) is 44.1 Å². The van der Waals surface area contributed by atoms with Crippen LogP contribution in [0.4, 0.5) is 0 Å². The number of nitrogens with one attached hydrogen (secondary N) is 2. The van der Waals surface area contributed by atoms with Crippen molar-refractivity contribution in [2.75, 3.05) is 5.33 Å². The molecule has 4 N–H and O–H groups in total. The largest absolute Gasteiger partial charge is 0.475 e. The fraction of sp³-hybridized carbons (Fsp3) is 0.400. The smallest absolute Gasteiger partial charge is 0.426 e. The summed E-state index contributed by atoms with van der Waals surface area (Å²) in [4.78, 5) is 33.3. The van der Waals surface area contributed by atoms with Gasteiger partial charge in [0.25, 0.3) is 5.91 Å². The molecule has 2 atom stereocenters. The van der Waals surface area contributed by atoms with E-state index in [-0.39, 0.29) is 12.1 Å². The van der Waals surface area contributed by atoms with Crippen molar-refractivity contribution in [3.05, 3.63) is 60.2 Å². The third kappa shape index (κ3) is 8.21. The molecule has 0 aliphatic heterocycles. The number of hydrogen-bond donors (Lipinski definition) is 4. The second-order valence-electron chi connectivity index (χ2n) is 6.87. The lowest BCUT2D eigenvalue weighted by Crippen LogP contribution is -2.54. The van der Waals surface area contributed by atoms with Crippen molar-refractivity contribution in [1.82, 2.24) is 20.6 Å². The Labute approximate surface area is 184 Å². The van der Waals surface area contributed by atoms with Gasteiger partial charge in [-0.15, -0.1) is 0 Å². The minimum Gasteiger partial charge on any atom is -0.426 e. The first kappa shape index (κ1) is 24.0. The Morgan fingerprint density at radius 2 is 1.83 bits per heavy atom. The van der Waals surface area contributed by atoms with E-state index >= 15 is 0 Å². The van der Waals surface area contributed by atoms with Crippen LogP contribution in [0.3, 0.4) is 0 Å². The van der Waals surface area contributed by atoms with E-state index in [1.54, 1.807) is 0 Å². The Hall–Kier alpha value is -2.30. The summed E-state index contributed by atoms with van der Waals surface area (Å²) in [5, 5.41) is 25.6. The van der Waals surface area contributed by atoms with Gasteiger partial charge in [0.1, 0.15) is 11.7 Å². The number of aromatic nitrogens is 2. The van der Waals surface area contributed by atoms with E-state index in [1.807, 2.05) is 30.3 Å².